The van der Waals surface area contributed by atoms with Gasteiger partial charge in [-0.1, -0.05) is 6.92 Å². The summed E-state index contributed by atoms with van der Waals surface area (Å²) in [5.74, 6) is 0.133. The highest BCUT2D eigenvalue weighted by atomic mass is 16.1. The largest absolute Gasteiger partial charge is 0.292 e. The van der Waals surface area contributed by atoms with E-state index in [0.717, 1.165) is 12.1 Å². The molecule has 0 fully saturated rings. The van der Waals surface area contributed by atoms with Crippen LogP contribution in [-0.4, -0.2) is 17.5 Å². The van der Waals surface area contributed by atoms with Crippen molar-refractivity contribution in [2.75, 3.05) is 0 Å². The van der Waals surface area contributed by atoms with Gasteiger partial charge in [-0.2, -0.15) is 0 Å². The van der Waals surface area contributed by atoms with Gasteiger partial charge in [0.25, 0.3) is 0 Å². The van der Waals surface area contributed by atoms with Crippen LogP contribution in [-0.2, 0) is 4.79 Å². The molecule has 0 bridgehead atoms. The normalized spacial score (nSPS) is 24.8. The highest BCUT2D eigenvalue weighted by Crippen LogP contribution is 2.05. The second kappa shape index (κ2) is 2.78. The van der Waals surface area contributed by atoms with Crippen LogP contribution in [0.4, 0.5) is 0 Å². The summed E-state index contributed by atoms with van der Waals surface area (Å²) < 4.78 is 0. The third-order valence-corrected chi connectivity index (χ3v) is 1.56. The van der Waals surface area contributed by atoms with Gasteiger partial charge in [-0.25, -0.2) is 0 Å². The van der Waals surface area contributed by atoms with Gasteiger partial charge in [0.05, 0.1) is 0 Å². The van der Waals surface area contributed by atoms with E-state index in [9.17, 15) is 4.79 Å². The zero-order valence-corrected chi connectivity index (χ0v) is 6.29. The lowest BCUT2D eigenvalue weighted by Gasteiger charge is -2.09. The Morgan fingerprint density at radius 1 is 1.60 bits per heavy atom. The molecule has 0 saturated heterocycles. The summed E-state index contributed by atoms with van der Waals surface area (Å²) in [6.07, 6.45) is 4.17. The van der Waals surface area contributed by atoms with Crippen molar-refractivity contribution >= 4 is 11.5 Å². The van der Waals surface area contributed by atoms with Gasteiger partial charge in [0.2, 0.25) is 0 Å². The molecule has 0 saturated carbocycles. The molecule has 1 heterocycles. The molecule has 1 atom stereocenters. The zero-order chi connectivity index (χ0) is 7.56. The Balaban J connectivity index is 2.76. The minimum absolute atomic E-state index is 0.106. The van der Waals surface area contributed by atoms with E-state index in [1.54, 1.807) is 12.2 Å². The van der Waals surface area contributed by atoms with Crippen LogP contribution >= 0.6 is 0 Å². The van der Waals surface area contributed by atoms with Gasteiger partial charge in [0.1, 0.15) is 6.04 Å². The molecule has 1 unspecified atom stereocenters. The maximum absolute atomic E-state index is 11.0. The molecule has 0 aromatic heterocycles. The van der Waals surface area contributed by atoms with Crippen LogP contribution in [0.1, 0.15) is 20.3 Å². The van der Waals surface area contributed by atoms with Crippen LogP contribution in [0.2, 0.25) is 0 Å². The summed E-state index contributed by atoms with van der Waals surface area (Å²) in [5, 5.41) is 0. The van der Waals surface area contributed by atoms with Crippen molar-refractivity contribution in [3.8, 4) is 0 Å². The highest BCUT2D eigenvalue weighted by Gasteiger charge is 2.14. The predicted molar refractivity (Wildman–Crippen MR) is 41.3 cm³/mol. The summed E-state index contributed by atoms with van der Waals surface area (Å²) in [6.45, 7) is 3.88. The van der Waals surface area contributed by atoms with Gasteiger partial charge in [-0.05, 0) is 25.5 Å². The van der Waals surface area contributed by atoms with Gasteiger partial charge in [0.15, 0.2) is 5.78 Å². The Kier molecular flexibility index (Phi) is 2.00. The Morgan fingerprint density at radius 3 is 2.80 bits per heavy atom. The highest BCUT2D eigenvalue weighted by molar-refractivity contribution is 6.06. The van der Waals surface area contributed by atoms with Gasteiger partial charge >= 0.3 is 0 Å². The molecule has 2 nitrogen and oxygen atoms in total. The average molecular weight is 137 g/mol. The number of carbonyl (C=O) groups excluding carboxylic acids is 1. The van der Waals surface area contributed by atoms with Crippen molar-refractivity contribution in [3.05, 3.63) is 12.2 Å². The first-order valence-electron chi connectivity index (χ1n) is 3.50. The fourth-order valence-corrected chi connectivity index (χ4v) is 0.959. The molecule has 54 valence electrons. The van der Waals surface area contributed by atoms with Crippen LogP contribution < -0.4 is 0 Å². The molecule has 1 aliphatic heterocycles. The van der Waals surface area contributed by atoms with Crippen LogP contribution in [0, 0.1) is 0 Å². The minimum Gasteiger partial charge on any atom is -0.292 e. The smallest absolute Gasteiger partial charge is 0.180 e. The number of aliphatic imine (C=N–C) groups is 1. The predicted octanol–water partition coefficient (Wildman–Crippen LogP) is 1.36. The second-order valence-electron chi connectivity index (χ2n) is 2.43. The number of hydrogen-bond acceptors (Lipinski definition) is 2. The third-order valence-electron chi connectivity index (χ3n) is 1.56. The Morgan fingerprint density at radius 2 is 2.30 bits per heavy atom. The quantitative estimate of drug-likeness (QED) is 0.536. The molecule has 0 aliphatic carbocycles. The van der Waals surface area contributed by atoms with Crippen LogP contribution in [0.25, 0.3) is 0 Å². The molecule has 0 N–H and O–H groups in total. The third kappa shape index (κ3) is 1.32. The lowest BCUT2D eigenvalue weighted by molar-refractivity contribution is -0.115. The molecule has 0 aromatic rings. The van der Waals surface area contributed by atoms with Crippen LogP contribution in [0.15, 0.2) is 17.1 Å². The van der Waals surface area contributed by atoms with Crippen molar-refractivity contribution in [2.45, 2.75) is 26.3 Å². The van der Waals surface area contributed by atoms with Crippen LogP contribution in [0.5, 0.6) is 0 Å². The van der Waals surface area contributed by atoms with Gasteiger partial charge in [0, 0.05) is 5.71 Å². The van der Waals surface area contributed by atoms with E-state index < -0.39 is 0 Å². The van der Waals surface area contributed by atoms with Crippen molar-refractivity contribution in [1.29, 1.82) is 0 Å². The molecule has 0 aromatic carbocycles. The van der Waals surface area contributed by atoms with E-state index in [-0.39, 0.29) is 11.8 Å². The van der Waals surface area contributed by atoms with Crippen LogP contribution in [0.3, 0.4) is 0 Å². The number of ketones is 1. The summed E-state index contributed by atoms with van der Waals surface area (Å²) in [4.78, 5) is 15.1. The van der Waals surface area contributed by atoms with E-state index in [1.807, 2.05) is 13.8 Å². The Labute approximate surface area is 60.7 Å². The molecular weight excluding hydrogens is 126 g/mol. The first kappa shape index (κ1) is 7.19. The summed E-state index contributed by atoms with van der Waals surface area (Å²) in [6, 6.07) is -0.106. The Bertz CT molecular complexity index is 203. The van der Waals surface area contributed by atoms with Gasteiger partial charge < -0.3 is 0 Å². The van der Waals surface area contributed by atoms with E-state index in [1.165, 1.54) is 0 Å². The Hall–Kier alpha value is -0.920. The van der Waals surface area contributed by atoms with Crippen molar-refractivity contribution in [1.82, 2.24) is 0 Å². The number of allylic oxidation sites excluding steroid dienone is 1. The number of nitrogens with zero attached hydrogens (tertiary/aromatic N) is 1. The van der Waals surface area contributed by atoms with Crippen molar-refractivity contribution in [2.24, 2.45) is 4.99 Å². The van der Waals surface area contributed by atoms with Crippen molar-refractivity contribution in [3.63, 3.8) is 0 Å². The van der Waals surface area contributed by atoms with E-state index >= 15 is 0 Å². The number of dihydropyridines is 1. The maximum atomic E-state index is 11.0. The zero-order valence-electron chi connectivity index (χ0n) is 6.29. The number of rotatable bonds is 1. The topological polar surface area (TPSA) is 29.4 Å². The summed E-state index contributed by atoms with van der Waals surface area (Å²) >= 11 is 0. The minimum atomic E-state index is -0.106. The van der Waals surface area contributed by atoms with E-state index in [4.69, 9.17) is 0 Å². The molecule has 0 radical (unpaired) electrons. The second-order valence-corrected chi connectivity index (χ2v) is 2.43. The first-order valence-corrected chi connectivity index (χ1v) is 3.50. The monoisotopic (exact) mass is 137 g/mol. The SMILES string of the molecule is CCC1N=C(C)C=CC1=O. The fourth-order valence-electron chi connectivity index (χ4n) is 0.959. The van der Waals surface area contributed by atoms with Gasteiger partial charge in [-0.3, -0.25) is 9.79 Å². The molecule has 0 amide bonds. The van der Waals surface area contributed by atoms with E-state index in [0.29, 0.717) is 0 Å². The first-order chi connectivity index (χ1) is 4.74. The summed E-state index contributed by atoms with van der Waals surface area (Å²) in [7, 11) is 0. The lowest BCUT2D eigenvalue weighted by atomic mass is 10.1. The molecule has 0 spiro atoms. The molecule has 10 heavy (non-hydrogen) atoms. The van der Waals surface area contributed by atoms with E-state index in [2.05, 4.69) is 4.99 Å². The number of carbonyl (C=O) groups is 1. The van der Waals surface area contributed by atoms with Gasteiger partial charge in [-0.15, -0.1) is 0 Å². The number of hydrogen-bond donors (Lipinski definition) is 0. The maximum Gasteiger partial charge on any atom is 0.180 e. The van der Waals surface area contributed by atoms with Crippen molar-refractivity contribution < 1.29 is 4.79 Å². The molecular formula is C8H11NO. The molecule has 2 heteroatoms. The molecule has 1 aliphatic rings. The molecule has 1 rings (SSSR count). The average Bonchev–Trinajstić information content (AvgIpc) is 1.94. The summed E-state index contributed by atoms with van der Waals surface area (Å²) in [5.41, 5.74) is 0.950. The standard InChI is InChI=1S/C8H11NO/c1-3-7-8(10)5-4-6(2)9-7/h4-5,7H,3H2,1-2H3. The fraction of sp³-hybridized carbons (Fsp3) is 0.500. The lowest BCUT2D eigenvalue weighted by Crippen LogP contribution is -2.19.